The predicted molar refractivity (Wildman–Crippen MR) is 75.4 cm³/mol. The maximum Gasteiger partial charge on any atom is 0.219 e. The molecule has 100 valence electrons. The number of benzene rings is 1. The molecule has 5 nitrogen and oxygen atoms in total. The van der Waals surface area contributed by atoms with Gasteiger partial charge in [0.05, 0.1) is 6.20 Å². The van der Waals surface area contributed by atoms with Crippen LogP contribution >= 0.6 is 0 Å². The molecule has 0 saturated heterocycles. The monoisotopic (exact) mass is 258 g/mol. The zero-order valence-corrected chi connectivity index (χ0v) is 11.0. The van der Waals surface area contributed by atoms with Crippen LogP contribution in [0.3, 0.4) is 0 Å². The Morgan fingerprint density at radius 2 is 2.26 bits per heavy atom. The molecule has 1 heterocycles. The van der Waals surface area contributed by atoms with Crippen LogP contribution in [0.1, 0.15) is 12.8 Å². The summed E-state index contributed by atoms with van der Waals surface area (Å²) in [6.45, 7) is 0.732. The molecule has 0 aliphatic carbocycles. The highest BCUT2D eigenvalue weighted by Gasteiger charge is 2.03. The molecule has 0 radical (unpaired) electrons. The first-order valence-electron chi connectivity index (χ1n) is 6.28. The molecular formula is C14H18N4O. The average Bonchev–Trinajstić information content (AvgIpc) is 2.87. The Bertz CT molecular complexity index is 562. The van der Waals surface area contributed by atoms with Crippen LogP contribution in [0.15, 0.2) is 36.7 Å². The summed E-state index contributed by atoms with van der Waals surface area (Å²) >= 11 is 0. The van der Waals surface area contributed by atoms with Crippen molar-refractivity contribution in [2.75, 3.05) is 12.8 Å². The van der Waals surface area contributed by atoms with Gasteiger partial charge in [-0.05, 0) is 24.1 Å². The fourth-order valence-electron chi connectivity index (χ4n) is 1.88. The first kappa shape index (κ1) is 13.1. The molecule has 0 bridgehead atoms. The third-order valence-corrected chi connectivity index (χ3v) is 2.92. The summed E-state index contributed by atoms with van der Waals surface area (Å²) in [6, 6.07) is 7.71. The number of hydrogen-bond donors (Lipinski definition) is 2. The molecule has 0 unspecified atom stereocenters. The molecule has 3 N–H and O–H groups in total. The lowest BCUT2D eigenvalue weighted by molar-refractivity contribution is -0.120. The quantitative estimate of drug-likeness (QED) is 0.801. The largest absolute Gasteiger partial charge is 0.399 e. The Morgan fingerprint density at radius 3 is 3.00 bits per heavy atom. The van der Waals surface area contributed by atoms with Crippen LogP contribution in [-0.2, 0) is 11.3 Å². The van der Waals surface area contributed by atoms with E-state index in [4.69, 9.17) is 5.73 Å². The van der Waals surface area contributed by atoms with Crippen LogP contribution in [0.5, 0.6) is 0 Å². The SMILES string of the molecule is CNC(=O)CCCn1cc(-c2cccc(N)c2)cn1. The fraction of sp³-hybridized carbons (Fsp3) is 0.286. The smallest absolute Gasteiger partial charge is 0.219 e. The maximum absolute atomic E-state index is 11.1. The molecule has 2 aromatic rings. The van der Waals surface area contributed by atoms with E-state index >= 15 is 0 Å². The molecule has 0 fully saturated rings. The van der Waals surface area contributed by atoms with Crippen LogP contribution in [0.2, 0.25) is 0 Å². The van der Waals surface area contributed by atoms with Gasteiger partial charge >= 0.3 is 0 Å². The van der Waals surface area contributed by atoms with Gasteiger partial charge in [-0.25, -0.2) is 0 Å². The van der Waals surface area contributed by atoms with E-state index in [2.05, 4.69) is 10.4 Å². The summed E-state index contributed by atoms with van der Waals surface area (Å²) < 4.78 is 1.85. The second-order valence-corrected chi connectivity index (χ2v) is 4.39. The highest BCUT2D eigenvalue weighted by atomic mass is 16.1. The lowest BCUT2D eigenvalue weighted by Gasteiger charge is -2.01. The van der Waals surface area contributed by atoms with E-state index in [0.717, 1.165) is 29.8 Å². The molecule has 0 spiro atoms. The number of aromatic nitrogens is 2. The molecule has 1 aromatic heterocycles. The summed E-state index contributed by atoms with van der Waals surface area (Å²) in [6.07, 6.45) is 5.08. The number of nitrogens with one attached hydrogen (secondary N) is 1. The Balaban J connectivity index is 1.97. The summed E-state index contributed by atoms with van der Waals surface area (Å²) in [4.78, 5) is 11.1. The van der Waals surface area contributed by atoms with E-state index in [9.17, 15) is 4.79 Å². The first-order chi connectivity index (χ1) is 9.19. The zero-order chi connectivity index (χ0) is 13.7. The van der Waals surface area contributed by atoms with Crippen molar-refractivity contribution >= 4 is 11.6 Å². The Hall–Kier alpha value is -2.30. The van der Waals surface area contributed by atoms with Crippen molar-refractivity contribution in [1.29, 1.82) is 0 Å². The lowest BCUT2D eigenvalue weighted by Crippen LogP contribution is -2.17. The third-order valence-electron chi connectivity index (χ3n) is 2.92. The van der Waals surface area contributed by atoms with Gasteiger partial charge in [-0.3, -0.25) is 9.48 Å². The normalized spacial score (nSPS) is 10.4. The van der Waals surface area contributed by atoms with E-state index in [0.29, 0.717) is 6.42 Å². The van der Waals surface area contributed by atoms with Crippen molar-refractivity contribution in [2.24, 2.45) is 0 Å². The number of rotatable bonds is 5. The zero-order valence-electron chi connectivity index (χ0n) is 11.0. The van der Waals surface area contributed by atoms with Crippen LogP contribution in [0.4, 0.5) is 5.69 Å². The lowest BCUT2D eigenvalue weighted by atomic mass is 10.1. The molecule has 1 amide bonds. The molecule has 0 saturated carbocycles. The van der Waals surface area contributed by atoms with E-state index < -0.39 is 0 Å². The Morgan fingerprint density at radius 1 is 1.42 bits per heavy atom. The molecule has 5 heteroatoms. The van der Waals surface area contributed by atoms with Crippen molar-refractivity contribution < 1.29 is 4.79 Å². The number of amides is 1. The van der Waals surface area contributed by atoms with Gasteiger partial charge in [-0.15, -0.1) is 0 Å². The minimum absolute atomic E-state index is 0.0585. The second kappa shape index (κ2) is 6.04. The van der Waals surface area contributed by atoms with Crippen LogP contribution in [-0.4, -0.2) is 22.7 Å². The van der Waals surface area contributed by atoms with E-state index in [-0.39, 0.29) is 5.91 Å². The van der Waals surface area contributed by atoms with Gasteiger partial charge in [0.2, 0.25) is 5.91 Å². The number of anilines is 1. The van der Waals surface area contributed by atoms with Crippen molar-refractivity contribution in [3.05, 3.63) is 36.7 Å². The van der Waals surface area contributed by atoms with Crippen molar-refractivity contribution in [3.63, 3.8) is 0 Å². The number of hydrogen-bond acceptors (Lipinski definition) is 3. The van der Waals surface area contributed by atoms with Crippen LogP contribution < -0.4 is 11.1 Å². The number of nitrogens with zero attached hydrogens (tertiary/aromatic N) is 2. The summed E-state index contributed by atoms with van der Waals surface area (Å²) in [5.74, 6) is 0.0585. The van der Waals surface area contributed by atoms with E-state index in [1.54, 1.807) is 7.05 Å². The van der Waals surface area contributed by atoms with Gasteiger partial charge in [0.25, 0.3) is 0 Å². The van der Waals surface area contributed by atoms with E-state index in [1.807, 2.05) is 41.3 Å². The maximum atomic E-state index is 11.1. The highest BCUT2D eigenvalue weighted by Crippen LogP contribution is 2.20. The van der Waals surface area contributed by atoms with Gasteiger partial charge in [0.15, 0.2) is 0 Å². The molecule has 19 heavy (non-hydrogen) atoms. The van der Waals surface area contributed by atoms with E-state index in [1.165, 1.54) is 0 Å². The Kier molecular flexibility index (Phi) is 4.18. The highest BCUT2D eigenvalue weighted by molar-refractivity contribution is 5.75. The van der Waals surface area contributed by atoms with Crippen LogP contribution in [0, 0.1) is 0 Å². The molecule has 0 aliphatic rings. The van der Waals surface area contributed by atoms with Crippen molar-refractivity contribution in [3.8, 4) is 11.1 Å². The molecular weight excluding hydrogens is 240 g/mol. The van der Waals surface area contributed by atoms with Gasteiger partial charge in [0.1, 0.15) is 0 Å². The molecule has 0 aliphatic heterocycles. The topological polar surface area (TPSA) is 72.9 Å². The second-order valence-electron chi connectivity index (χ2n) is 4.39. The van der Waals surface area contributed by atoms with Gasteiger partial charge in [-0.2, -0.15) is 5.10 Å². The average molecular weight is 258 g/mol. The molecule has 2 rings (SSSR count). The third kappa shape index (κ3) is 3.58. The molecule has 1 aromatic carbocycles. The summed E-state index contributed by atoms with van der Waals surface area (Å²) in [7, 11) is 1.65. The molecule has 0 atom stereocenters. The summed E-state index contributed by atoms with van der Waals surface area (Å²) in [5, 5.41) is 6.90. The first-order valence-corrected chi connectivity index (χ1v) is 6.28. The van der Waals surface area contributed by atoms with Gasteiger partial charge in [-0.1, -0.05) is 12.1 Å². The number of aryl methyl sites for hydroxylation is 1. The minimum Gasteiger partial charge on any atom is -0.399 e. The van der Waals surface area contributed by atoms with Gasteiger partial charge in [0, 0.05) is 37.5 Å². The number of nitrogen functional groups attached to an aromatic ring is 1. The number of nitrogens with two attached hydrogens (primary N) is 1. The van der Waals surface area contributed by atoms with Gasteiger partial charge < -0.3 is 11.1 Å². The Labute approximate surface area is 112 Å². The minimum atomic E-state index is 0.0585. The summed E-state index contributed by atoms with van der Waals surface area (Å²) in [5.41, 5.74) is 8.59. The predicted octanol–water partition coefficient (Wildman–Crippen LogP) is 1.66. The van der Waals surface area contributed by atoms with Crippen molar-refractivity contribution in [2.45, 2.75) is 19.4 Å². The van der Waals surface area contributed by atoms with Crippen molar-refractivity contribution in [1.82, 2.24) is 15.1 Å². The number of carbonyl (C=O) groups excluding carboxylic acids is 1. The van der Waals surface area contributed by atoms with Crippen LogP contribution in [0.25, 0.3) is 11.1 Å². The standard InChI is InChI=1S/C14H18N4O/c1-16-14(19)6-3-7-18-10-12(9-17-18)11-4-2-5-13(15)8-11/h2,4-5,8-10H,3,6-7,15H2,1H3,(H,16,19). The number of carbonyl (C=O) groups is 1. The fourth-order valence-corrected chi connectivity index (χ4v) is 1.88.